The van der Waals surface area contributed by atoms with E-state index in [0.29, 0.717) is 6.42 Å². The molecule has 0 saturated carbocycles. The number of phenols is 1. The van der Waals surface area contributed by atoms with Crippen LogP contribution in [-0.4, -0.2) is 11.0 Å². The Balaban J connectivity index is 2.15. The highest BCUT2D eigenvalue weighted by Crippen LogP contribution is 2.38. The number of anilines is 2. The van der Waals surface area contributed by atoms with Crippen LogP contribution < -0.4 is 4.90 Å². The van der Waals surface area contributed by atoms with E-state index in [1.165, 1.54) is 0 Å². The van der Waals surface area contributed by atoms with Gasteiger partial charge >= 0.3 is 0 Å². The van der Waals surface area contributed by atoms with Crippen LogP contribution in [-0.2, 0) is 4.79 Å². The summed E-state index contributed by atoms with van der Waals surface area (Å²) in [4.78, 5) is 14.4. The molecule has 0 aliphatic rings. The summed E-state index contributed by atoms with van der Waals surface area (Å²) in [6, 6.07) is 14.9. The predicted molar refractivity (Wildman–Crippen MR) is 92.0 cm³/mol. The molecule has 0 fully saturated rings. The molecular weight excluding hydrogens is 294 g/mol. The third-order valence-electron chi connectivity index (χ3n) is 3.51. The number of phenolic OH excluding ortho intramolecular Hbond substituents is 1. The van der Waals surface area contributed by atoms with Gasteiger partial charge in [0.05, 0.1) is 5.69 Å². The van der Waals surface area contributed by atoms with E-state index < -0.39 is 0 Å². The van der Waals surface area contributed by atoms with Crippen LogP contribution in [0.2, 0.25) is 0 Å². The number of amides is 1. The number of carbonyl (C=O) groups is 1. The van der Waals surface area contributed by atoms with Crippen molar-refractivity contribution >= 4 is 38.7 Å². The second kappa shape index (κ2) is 6.20. The molecule has 0 saturated heterocycles. The van der Waals surface area contributed by atoms with Crippen molar-refractivity contribution in [3.63, 3.8) is 0 Å². The Morgan fingerprint density at radius 1 is 1.18 bits per heavy atom. The SMILES string of the molecule is CCCC(=O)N(c1ccccc1)c1csc2ccc(O)cc12. The maximum absolute atomic E-state index is 12.6. The maximum Gasteiger partial charge on any atom is 0.231 e. The van der Waals surface area contributed by atoms with Crippen LogP contribution in [0.4, 0.5) is 11.4 Å². The Morgan fingerprint density at radius 3 is 2.68 bits per heavy atom. The van der Waals surface area contributed by atoms with Gasteiger partial charge in [-0.15, -0.1) is 11.3 Å². The number of benzene rings is 2. The van der Waals surface area contributed by atoms with Crippen molar-refractivity contribution in [3.05, 3.63) is 53.9 Å². The summed E-state index contributed by atoms with van der Waals surface area (Å²) in [6.45, 7) is 2.00. The summed E-state index contributed by atoms with van der Waals surface area (Å²) >= 11 is 1.58. The Morgan fingerprint density at radius 2 is 1.95 bits per heavy atom. The van der Waals surface area contributed by atoms with Gasteiger partial charge in [0.15, 0.2) is 0 Å². The summed E-state index contributed by atoms with van der Waals surface area (Å²) in [5, 5.41) is 12.6. The van der Waals surface area contributed by atoms with Crippen molar-refractivity contribution < 1.29 is 9.90 Å². The lowest BCUT2D eigenvalue weighted by atomic mass is 10.1. The highest BCUT2D eigenvalue weighted by Gasteiger charge is 2.20. The van der Waals surface area contributed by atoms with E-state index in [-0.39, 0.29) is 11.7 Å². The maximum atomic E-state index is 12.6. The van der Waals surface area contributed by atoms with E-state index >= 15 is 0 Å². The normalized spacial score (nSPS) is 10.8. The van der Waals surface area contributed by atoms with Gasteiger partial charge in [-0.25, -0.2) is 0 Å². The summed E-state index contributed by atoms with van der Waals surface area (Å²) in [5.41, 5.74) is 1.68. The van der Waals surface area contributed by atoms with Crippen molar-refractivity contribution in [3.8, 4) is 5.75 Å². The van der Waals surface area contributed by atoms with E-state index in [0.717, 1.165) is 27.9 Å². The number of carbonyl (C=O) groups excluding carboxylic acids is 1. The van der Waals surface area contributed by atoms with Crippen molar-refractivity contribution in [1.82, 2.24) is 0 Å². The fourth-order valence-electron chi connectivity index (χ4n) is 2.50. The van der Waals surface area contributed by atoms with Crippen LogP contribution in [0.5, 0.6) is 5.75 Å². The van der Waals surface area contributed by atoms with Crippen LogP contribution in [0.3, 0.4) is 0 Å². The van der Waals surface area contributed by atoms with Gasteiger partial charge in [0.1, 0.15) is 5.75 Å². The van der Waals surface area contributed by atoms with E-state index in [2.05, 4.69) is 0 Å². The molecule has 2 aromatic carbocycles. The molecule has 1 aromatic heterocycles. The molecule has 1 heterocycles. The minimum atomic E-state index is 0.0664. The molecule has 1 amide bonds. The fourth-order valence-corrected chi connectivity index (χ4v) is 3.41. The zero-order valence-corrected chi connectivity index (χ0v) is 13.1. The van der Waals surface area contributed by atoms with Gasteiger partial charge in [-0.2, -0.15) is 0 Å². The number of hydrogen-bond donors (Lipinski definition) is 1. The summed E-state index contributed by atoms with van der Waals surface area (Å²) in [5.74, 6) is 0.278. The average molecular weight is 311 g/mol. The van der Waals surface area contributed by atoms with Crippen LogP contribution in [0.15, 0.2) is 53.9 Å². The minimum absolute atomic E-state index is 0.0664. The number of rotatable bonds is 4. The number of thiophene rings is 1. The lowest BCUT2D eigenvalue weighted by Crippen LogP contribution is -2.25. The zero-order chi connectivity index (χ0) is 15.5. The summed E-state index contributed by atoms with van der Waals surface area (Å²) in [7, 11) is 0. The van der Waals surface area contributed by atoms with Crippen molar-refractivity contribution in [2.75, 3.05) is 4.90 Å². The summed E-state index contributed by atoms with van der Waals surface area (Å²) in [6.07, 6.45) is 1.29. The second-order valence-electron chi connectivity index (χ2n) is 5.12. The van der Waals surface area contributed by atoms with Crippen LogP contribution >= 0.6 is 11.3 Å². The van der Waals surface area contributed by atoms with E-state index in [4.69, 9.17) is 0 Å². The molecule has 1 N–H and O–H groups in total. The molecule has 0 atom stereocenters. The van der Waals surface area contributed by atoms with Gasteiger partial charge in [0.25, 0.3) is 0 Å². The monoisotopic (exact) mass is 311 g/mol. The topological polar surface area (TPSA) is 40.5 Å². The number of para-hydroxylation sites is 1. The smallest absolute Gasteiger partial charge is 0.231 e. The first-order valence-corrected chi connectivity index (χ1v) is 8.17. The first-order chi connectivity index (χ1) is 10.7. The Hall–Kier alpha value is -2.33. The molecule has 3 aromatic rings. The average Bonchev–Trinajstić information content (AvgIpc) is 2.92. The lowest BCUT2D eigenvalue weighted by molar-refractivity contribution is -0.117. The van der Waals surface area contributed by atoms with E-state index in [9.17, 15) is 9.90 Å². The molecule has 3 nitrogen and oxygen atoms in total. The molecule has 0 aliphatic heterocycles. The third-order valence-corrected chi connectivity index (χ3v) is 4.46. The number of fused-ring (bicyclic) bond motifs is 1. The molecule has 4 heteroatoms. The highest BCUT2D eigenvalue weighted by atomic mass is 32.1. The van der Waals surface area contributed by atoms with Crippen molar-refractivity contribution in [2.45, 2.75) is 19.8 Å². The predicted octanol–water partition coefficient (Wildman–Crippen LogP) is 5.07. The standard InChI is InChI=1S/C18H17NO2S/c1-2-6-18(21)19(13-7-4-3-5-8-13)16-12-22-17-10-9-14(20)11-15(16)17/h3-5,7-12,20H,2,6H2,1H3. The molecule has 0 radical (unpaired) electrons. The zero-order valence-electron chi connectivity index (χ0n) is 12.3. The van der Waals surface area contributed by atoms with Gasteiger partial charge < -0.3 is 5.11 Å². The molecule has 0 unspecified atom stereocenters. The Labute approximate surface area is 133 Å². The number of nitrogens with zero attached hydrogens (tertiary/aromatic N) is 1. The molecular formula is C18H17NO2S. The third kappa shape index (κ3) is 2.70. The van der Waals surface area contributed by atoms with Crippen LogP contribution in [0.1, 0.15) is 19.8 Å². The van der Waals surface area contributed by atoms with Crippen LogP contribution in [0.25, 0.3) is 10.1 Å². The lowest BCUT2D eigenvalue weighted by Gasteiger charge is -2.22. The Bertz CT molecular complexity index is 795. The molecule has 0 aliphatic carbocycles. The molecule has 3 rings (SSSR count). The molecule has 22 heavy (non-hydrogen) atoms. The fraction of sp³-hybridized carbons (Fsp3) is 0.167. The molecule has 0 bridgehead atoms. The van der Waals surface area contributed by atoms with Crippen LogP contribution in [0, 0.1) is 0 Å². The van der Waals surface area contributed by atoms with Gasteiger partial charge in [0, 0.05) is 27.6 Å². The van der Waals surface area contributed by atoms with E-state index in [1.54, 1.807) is 28.4 Å². The quantitative estimate of drug-likeness (QED) is 0.730. The van der Waals surface area contributed by atoms with Gasteiger partial charge in [-0.3, -0.25) is 9.69 Å². The van der Waals surface area contributed by atoms with Crippen molar-refractivity contribution in [2.24, 2.45) is 0 Å². The van der Waals surface area contributed by atoms with Gasteiger partial charge in [-0.1, -0.05) is 25.1 Å². The molecule has 0 spiro atoms. The van der Waals surface area contributed by atoms with Gasteiger partial charge in [-0.05, 0) is 36.8 Å². The van der Waals surface area contributed by atoms with E-state index in [1.807, 2.05) is 48.7 Å². The van der Waals surface area contributed by atoms with Gasteiger partial charge in [0.2, 0.25) is 5.91 Å². The largest absolute Gasteiger partial charge is 0.508 e. The Kier molecular flexibility index (Phi) is 4.11. The highest BCUT2D eigenvalue weighted by molar-refractivity contribution is 7.17. The number of hydrogen-bond acceptors (Lipinski definition) is 3. The first-order valence-electron chi connectivity index (χ1n) is 7.29. The summed E-state index contributed by atoms with van der Waals surface area (Å²) < 4.78 is 1.05. The minimum Gasteiger partial charge on any atom is -0.508 e. The second-order valence-corrected chi connectivity index (χ2v) is 6.03. The van der Waals surface area contributed by atoms with Crippen molar-refractivity contribution in [1.29, 1.82) is 0 Å². The first kappa shape index (κ1) is 14.6. The molecule has 112 valence electrons. The number of aromatic hydroxyl groups is 1.